The average Bonchev–Trinajstić information content (AvgIpc) is 2.38. The number of nitrogens with one attached hydrogen (secondary N) is 1. The van der Waals surface area contributed by atoms with Crippen molar-refractivity contribution < 1.29 is 0 Å². The quantitative estimate of drug-likeness (QED) is 0.677. The van der Waals surface area contributed by atoms with Crippen LogP contribution in [0.3, 0.4) is 0 Å². The number of hydrogen-bond acceptors (Lipinski definition) is 1. The predicted octanol–water partition coefficient (Wildman–Crippen LogP) is 2.51. The summed E-state index contributed by atoms with van der Waals surface area (Å²) in [6, 6.07) is 0. The van der Waals surface area contributed by atoms with E-state index in [1.54, 1.807) is 11.1 Å². The van der Waals surface area contributed by atoms with Gasteiger partial charge in [-0.1, -0.05) is 17.7 Å². The molecule has 1 N–H and O–H groups in total. The molecule has 0 aromatic heterocycles. The van der Waals surface area contributed by atoms with Crippen LogP contribution in [-0.2, 0) is 0 Å². The Balaban J connectivity index is 2.63. The topological polar surface area (TPSA) is 12.0 Å². The normalized spacial score (nSPS) is 24.4. The molecule has 0 saturated carbocycles. The molecule has 1 nitrogen and oxygen atoms in total. The SMILES string of the molecule is C/C=C\C1=C(C)C(CNC)CC1. The van der Waals surface area contributed by atoms with Gasteiger partial charge in [-0.15, -0.1) is 0 Å². The highest BCUT2D eigenvalue weighted by Crippen LogP contribution is 2.31. The summed E-state index contributed by atoms with van der Waals surface area (Å²) in [6.45, 7) is 5.49. The van der Waals surface area contributed by atoms with Gasteiger partial charge in [-0.3, -0.25) is 0 Å². The van der Waals surface area contributed by atoms with Crippen molar-refractivity contribution in [2.24, 2.45) is 5.92 Å². The zero-order valence-corrected chi connectivity index (χ0v) is 8.35. The Bertz CT molecular complexity index is 201. The Morgan fingerprint density at radius 1 is 1.58 bits per heavy atom. The predicted molar refractivity (Wildman–Crippen MR) is 54.2 cm³/mol. The Morgan fingerprint density at radius 2 is 2.33 bits per heavy atom. The maximum Gasteiger partial charge on any atom is 0.00141 e. The van der Waals surface area contributed by atoms with Gasteiger partial charge in [0.1, 0.15) is 0 Å². The van der Waals surface area contributed by atoms with Crippen LogP contribution in [0, 0.1) is 5.92 Å². The first-order valence-electron chi connectivity index (χ1n) is 4.76. The van der Waals surface area contributed by atoms with E-state index < -0.39 is 0 Å². The molecule has 1 rings (SSSR count). The average molecular weight is 165 g/mol. The molecule has 0 amide bonds. The first-order chi connectivity index (χ1) is 5.79. The Labute approximate surface area is 75.6 Å². The van der Waals surface area contributed by atoms with Gasteiger partial charge in [0.05, 0.1) is 0 Å². The van der Waals surface area contributed by atoms with Crippen molar-refractivity contribution in [3.63, 3.8) is 0 Å². The lowest BCUT2D eigenvalue weighted by Gasteiger charge is -2.09. The van der Waals surface area contributed by atoms with E-state index in [1.165, 1.54) is 12.8 Å². The van der Waals surface area contributed by atoms with Gasteiger partial charge in [0.25, 0.3) is 0 Å². The molecule has 0 bridgehead atoms. The fourth-order valence-corrected chi connectivity index (χ4v) is 1.92. The van der Waals surface area contributed by atoms with Gasteiger partial charge in [0.15, 0.2) is 0 Å². The smallest absolute Gasteiger partial charge is 0.00141 e. The molecule has 0 saturated heterocycles. The van der Waals surface area contributed by atoms with Crippen LogP contribution < -0.4 is 5.32 Å². The van der Waals surface area contributed by atoms with Crippen molar-refractivity contribution in [1.29, 1.82) is 0 Å². The molecule has 0 fully saturated rings. The summed E-state index contributed by atoms with van der Waals surface area (Å²) in [5.74, 6) is 0.779. The number of rotatable bonds is 3. The summed E-state index contributed by atoms with van der Waals surface area (Å²) in [5, 5.41) is 3.24. The fourth-order valence-electron chi connectivity index (χ4n) is 1.92. The maximum absolute atomic E-state index is 3.24. The third-order valence-corrected chi connectivity index (χ3v) is 2.70. The summed E-state index contributed by atoms with van der Waals surface area (Å²) < 4.78 is 0. The summed E-state index contributed by atoms with van der Waals surface area (Å²) in [6.07, 6.45) is 6.99. The zero-order valence-electron chi connectivity index (χ0n) is 8.35. The Kier molecular flexibility index (Phi) is 3.54. The highest BCUT2D eigenvalue weighted by Gasteiger charge is 2.19. The van der Waals surface area contributed by atoms with E-state index in [0.717, 1.165) is 12.5 Å². The van der Waals surface area contributed by atoms with Crippen LogP contribution in [-0.4, -0.2) is 13.6 Å². The van der Waals surface area contributed by atoms with Crippen LogP contribution in [0.4, 0.5) is 0 Å². The second-order valence-corrected chi connectivity index (χ2v) is 3.50. The number of allylic oxidation sites excluding steroid dienone is 3. The third kappa shape index (κ3) is 1.98. The lowest BCUT2D eigenvalue weighted by Crippen LogP contribution is -2.17. The first kappa shape index (κ1) is 9.53. The van der Waals surface area contributed by atoms with E-state index in [0.29, 0.717) is 0 Å². The molecule has 0 spiro atoms. The molecule has 0 aromatic rings. The molecule has 1 atom stereocenters. The molecule has 12 heavy (non-hydrogen) atoms. The molecule has 1 aliphatic rings. The van der Waals surface area contributed by atoms with Crippen molar-refractivity contribution in [1.82, 2.24) is 5.32 Å². The molecule has 1 aliphatic carbocycles. The van der Waals surface area contributed by atoms with E-state index in [2.05, 4.69) is 31.3 Å². The van der Waals surface area contributed by atoms with E-state index in [4.69, 9.17) is 0 Å². The van der Waals surface area contributed by atoms with Crippen molar-refractivity contribution in [2.45, 2.75) is 26.7 Å². The van der Waals surface area contributed by atoms with Crippen LogP contribution in [0.1, 0.15) is 26.7 Å². The van der Waals surface area contributed by atoms with Crippen LogP contribution in [0.2, 0.25) is 0 Å². The Morgan fingerprint density at radius 3 is 2.92 bits per heavy atom. The molecule has 0 radical (unpaired) electrons. The summed E-state index contributed by atoms with van der Waals surface area (Å²) >= 11 is 0. The minimum Gasteiger partial charge on any atom is -0.319 e. The number of hydrogen-bond donors (Lipinski definition) is 1. The lowest BCUT2D eigenvalue weighted by molar-refractivity contribution is 0.563. The molecular weight excluding hydrogens is 146 g/mol. The summed E-state index contributed by atoms with van der Waals surface area (Å²) in [7, 11) is 2.03. The second kappa shape index (κ2) is 4.46. The van der Waals surface area contributed by atoms with Gasteiger partial charge < -0.3 is 5.32 Å². The standard InChI is InChI=1S/C11H19N/c1-4-5-10-6-7-11(8-12-3)9(10)2/h4-5,11-12H,6-8H2,1-3H3/b5-4-. The molecule has 0 heterocycles. The van der Waals surface area contributed by atoms with Gasteiger partial charge in [-0.2, -0.15) is 0 Å². The van der Waals surface area contributed by atoms with E-state index in [1.807, 2.05) is 7.05 Å². The lowest BCUT2D eigenvalue weighted by atomic mass is 10.0. The molecule has 68 valence electrons. The van der Waals surface area contributed by atoms with Gasteiger partial charge >= 0.3 is 0 Å². The van der Waals surface area contributed by atoms with Crippen molar-refractivity contribution in [2.75, 3.05) is 13.6 Å². The van der Waals surface area contributed by atoms with Gasteiger partial charge in [-0.05, 0) is 45.2 Å². The largest absolute Gasteiger partial charge is 0.319 e. The summed E-state index contributed by atoms with van der Waals surface area (Å²) in [5.41, 5.74) is 3.14. The molecule has 1 heteroatoms. The molecular formula is C11H19N. The van der Waals surface area contributed by atoms with E-state index in [9.17, 15) is 0 Å². The van der Waals surface area contributed by atoms with Crippen LogP contribution in [0.25, 0.3) is 0 Å². The van der Waals surface area contributed by atoms with Crippen LogP contribution in [0.5, 0.6) is 0 Å². The highest BCUT2D eigenvalue weighted by molar-refractivity contribution is 5.30. The van der Waals surface area contributed by atoms with E-state index >= 15 is 0 Å². The van der Waals surface area contributed by atoms with Crippen molar-refractivity contribution in [3.8, 4) is 0 Å². The minimum atomic E-state index is 0.779. The first-order valence-corrected chi connectivity index (χ1v) is 4.76. The van der Waals surface area contributed by atoms with Crippen molar-refractivity contribution in [3.05, 3.63) is 23.3 Å². The third-order valence-electron chi connectivity index (χ3n) is 2.70. The molecule has 0 aromatic carbocycles. The molecule has 1 unspecified atom stereocenters. The van der Waals surface area contributed by atoms with Crippen molar-refractivity contribution >= 4 is 0 Å². The molecule has 0 aliphatic heterocycles. The van der Waals surface area contributed by atoms with E-state index in [-0.39, 0.29) is 0 Å². The zero-order chi connectivity index (χ0) is 8.97. The fraction of sp³-hybridized carbons (Fsp3) is 0.636. The van der Waals surface area contributed by atoms with Crippen LogP contribution in [0.15, 0.2) is 23.3 Å². The monoisotopic (exact) mass is 165 g/mol. The second-order valence-electron chi connectivity index (χ2n) is 3.50. The summed E-state index contributed by atoms with van der Waals surface area (Å²) in [4.78, 5) is 0. The van der Waals surface area contributed by atoms with Gasteiger partial charge in [0, 0.05) is 6.54 Å². The minimum absolute atomic E-state index is 0.779. The van der Waals surface area contributed by atoms with Crippen LogP contribution >= 0.6 is 0 Å². The highest BCUT2D eigenvalue weighted by atomic mass is 14.8. The Hall–Kier alpha value is -0.560. The maximum atomic E-state index is 3.24. The van der Waals surface area contributed by atoms with Gasteiger partial charge in [-0.25, -0.2) is 0 Å². The van der Waals surface area contributed by atoms with Gasteiger partial charge in [0.2, 0.25) is 0 Å².